The van der Waals surface area contributed by atoms with Crippen LogP contribution >= 0.6 is 0 Å². The third kappa shape index (κ3) is 5.37. The lowest BCUT2D eigenvalue weighted by Crippen LogP contribution is -2.19. The van der Waals surface area contributed by atoms with Gasteiger partial charge in [-0.15, -0.1) is 0 Å². The second-order valence-electron chi connectivity index (χ2n) is 6.08. The molecule has 0 spiro atoms. The summed E-state index contributed by atoms with van der Waals surface area (Å²) in [6.07, 6.45) is 1.40. The Morgan fingerprint density at radius 1 is 1.00 bits per heavy atom. The highest BCUT2D eigenvalue weighted by atomic mass is 32.2. The van der Waals surface area contributed by atoms with E-state index in [-0.39, 0.29) is 16.7 Å². The second-order valence-corrected chi connectivity index (χ2v) is 7.71. The van der Waals surface area contributed by atoms with Gasteiger partial charge in [0.05, 0.1) is 26.5 Å². The predicted octanol–water partition coefficient (Wildman–Crippen LogP) is 3.11. The lowest BCUT2D eigenvalue weighted by molar-refractivity contribution is 0.230. The fourth-order valence-electron chi connectivity index (χ4n) is 2.33. The first kappa shape index (κ1) is 20.6. The number of hydrogen-bond donors (Lipinski definition) is 1. The van der Waals surface area contributed by atoms with Crippen molar-refractivity contribution in [1.82, 2.24) is 4.83 Å². The van der Waals surface area contributed by atoms with E-state index in [4.69, 9.17) is 14.2 Å². The van der Waals surface area contributed by atoms with Gasteiger partial charge in [-0.1, -0.05) is 6.07 Å². The Kier molecular flexibility index (Phi) is 6.68. The van der Waals surface area contributed by atoms with E-state index in [1.807, 2.05) is 13.8 Å². The van der Waals surface area contributed by atoms with Gasteiger partial charge in [0.2, 0.25) is 0 Å². The normalized spacial score (nSPS) is 11.6. The van der Waals surface area contributed by atoms with Crippen molar-refractivity contribution in [3.05, 3.63) is 47.5 Å². The number of nitrogens with zero attached hydrogens (tertiary/aromatic N) is 1. The highest BCUT2D eigenvalue weighted by Crippen LogP contribution is 2.28. The van der Waals surface area contributed by atoms with Gasteiger partial charge in [0, 0.05) is 0 Å². The largest absolute Gasteiger partial charge is 0.495 e. The summed E-state index contributed by atoms with van der Waals surface area (Å²) in [5.41, 5.74) is 1.45. The van der Waals surface area contributed by atoms with Crippen molar-refractivity contribution in [2.24, 2.45) is 5.10 Å². The van der Waals surface area contributed by atoms with Crippen LogP contribution in [0.3, 0.4) is 0 Å². The molecule has 2 rings (SSSR count). The fourth-order valence-corrected chi connectivity index (χ4v) is 3.38. The van der Waals surface area contributed by atoms with Gasteiger partial charge < -0.3 is 14.2 Å². The van der Waals surface area contributed by atoms with Gasteiger partial charge in [0.1, 0.15) is 10.6 Å². The molecule has 0 saturated heterocycles. The molecule has 0 aliphatic rings. The van der Waals surface area contributed by atoms with Gasteiger partial charge >= 0.3 is 0 Å². The van der Waals surface area contributed by atoms with Gasteiger partial charge in [-0.2, -0.15) is 18.4 Å². The summed E-state index contributed by atoms with van der Waals surface area (Å²) in [6.45, 7) is 5.64. The van der Waals surface area contributed by atoms with Crippen LogP contribution in [0.25, 0.3) is 0 Å². The van der Waals surface area contributed by atoms with Crippen molar-refractivity contribution >= 4 is 16.2 Å². The van der Waals surface area contributed by atoms with Gasteiger partial charge in [-0.25, -0.2) is 0 Å². The van der Waals surface area contributed by atoms with Crippen LogP contribution in [0.1, 0.15) is 25.0 Å². The van der Waals surface area contributed by atoms with Gasteiger partial charge in [-0.3, -0.25) is 0 Å². The van der Waals surface area contributed by atoms with Gasteiger partial charge in [0.15, 0.2) is 11.5 Å². The van der Waals surface area contributed by atoms with Crippen molar-refractivity contribution in [2.75, 3.05) is 14.2 Å². The topological polar surface area (TPSA) is 86.2 Å². The first-order valence-electron chi connectivity index (χ1n) is 8.31. The van der Waals surface area contributed by atoms with Crippen LogP contribution in [0.15, 0.2) is 46.4 Å². The molecule has 8 heteroatoms. The van der Waals surface area contributed by atoms with Crippen LogP contribution in [-0.2, 0) is 10.0 Å². The molecule has 0 bridgehead atoms. The van der Waals surface area contributed by atoms with Crippen LogP contribution < -0.4 is 19.0 Å². The molecule has 0 unspecified atom stereocenters. The zero-order valence-electron chi connectivity index (χ0n) is 16.0. The van der Waals surface area contributed by atoms with Crippen LogP contribution in [0.2, 0.25) is 0 Å². The molecule has 0 fully saturated rings. The average molecular weight is 392 g/mol. The maximum atomic E-state index is 12.5. The molecule has 27 heavy (non-hydrogen) atoms. The third-order valence-electron chi connectivity index (χ3n) is 3.55. The molecule has 0 amide bonds. The van der Waals surface area contributed by atoms with E-state index in [1.54, 1.807) is 37.3 Å². The summed E-state index contributed by atoms with van der Waals surface area (Å²) in [7, 11) is -0.910. The quantitative estimate of drug-likeness (QED) is 0.551. The van der Waals surface area contributed by atoms with Gasteiger partial charge in [-0.05, 0) is 62.2 Å². The number of benzene rings is 2. The van der Waals surface area contributed by atoms with E-state index in [9.17, 15) is 8.42 Å². The Morgan fingerprint density at radius 2 is 1.67 bits per heavy atom. The van der Waals surface area contributed by atoms with E-state index in [2.05, 4.69) is 9.93 Å². The van der Waals surface area contributed by atoms with E-state index in [0.29, 0.717) is 17.1 Å². The molecule has 0 radical (unpaired) electrons. The number of ether oxygens (including phenoxy) is 3. The molecule has 0 aliphatic carbocycles. The molecule has 0 heterocycles. The summed E-state index contributed by atoms with van der Waals surface area (Å²) < 4.78 is 41.1. The second kappa shape index (κ2) is 8.77. The summed E-state index contributed by atoms with van der Waals surface area (Å²) in [6, 6.07) is 10.1. The number of sulfonamides is 1. The molecule has 146 valence electrons. The van der Waals surface area contributed by atoms with Crippen molar-refractivity contribution in [1.29, 1.82) is 0 Å². The third-order valence-corrected chi connectivity index (χ3v) is 4.79. The maximum absolute atomic E-state index is 12.5. The van der Waals surface area contributed by atoms with E-state index in [1.165, 1.54) is 26.5 Å². The summed E-state index contributed by atoms with van der Waals surface area (Å²) in [4.78, 5) is 2.23. The van der Waals surface area contributed by atoms with Crippen LogP contribution in [0.4, 0.5) is 0 Å². The van der Waals surface area contributed by atoms with Gasteiger partial charge in [0.25, 0.3) is 10.0 Å². The SMILES string of the molecule is COc1cc(/C=N/NS(=O)(=O)c2cc(C)ccc2OC)ccc1OC(C)C. The molecular formula is C19H24N2O5S. The maximum Gasteiger partial charge on any atom is 0.280 e. The van der Waals surface area contributed by atoms with E-state index >= 15 is 0 Å². The zero-order chi connectivity index (χ0) is 20.0. The standard InChI is InChI=1S/C19H24N2O5S/c1-13(2)26-16-9-7-15(11-18(16)25-5)12-20-21-27(22,23)19-10-14(3)6-8-17(19)24-4/h6-13,21H,1-5H3/b20-12+. The summed E-state index contributed by atoms with van der Waals surface area (Å²) in [5, 5.41) is 3.85. The number of rotatable bonds is 8. The van der Waals surface area contributed by atoms with Crippen molar-refractivity contribution in [3.8, 4) is 17.2 Å². The molecular weight excluding hydrogens is 368 g/mol. The fraction of sp³-hybridized carbons (Fsp3) is 0.316. The average Bonchev–Trinajstić information content (AvgIpc) is 2.62. The van der Waals surface area contributed by atoms with E-state index in [0.717, 1.165) is 5.56 Å². The number of hydrazone groups is 1. The number of nitrogens with one attached hydrogen (secondary N) is 1. The molecule has 1 N–H and O–H groups in total. The Labute approximate surface area is 160 Å². The molecule has 0 aromatic heterocycles. The molecule has 2 aromatic carbocycles. The smallest absolute Gasteiger partial charge is 0.280 e. The molecule has 0 saturated carbocycles. The molecule has 7 nitrogen and oxygen atoms in total. The minimum absolute atomic E-state index is 0.00883. The van der Waals surface area contributed by atoms with E-state index < -0.39 is 10.0 Å². The summed E-state index contributed by atoms with van der Waals surface area (Å²) in [5.74, 6) is 1.39. The number of methoxy groups -OCH3 is 2. The Bertz CT molecular complexity index is 924. The minimum Gasteiger partial charge on any atom is -0.495 e. The first-order valence-corrected chi connectivity index (χ1v) is 9.79. The number of hydrogen-bond acceptors (Lipinski definition) is 6. The minimum atomic E-state index is -3.86. The monoisotopic (exact) mass is 392 g/mol. The van der Waals surface area contributed by atoms with Crippen LogP contribution in [0, 0.1) is 6.92 Å². The van der Waals surface area contributed by atoms with Crippen LogP contribution in [0.5, 0.6) is 17.2 Å². The molecule has 0 atom stereocenters. The number of aryl methyl sites for hydroxylation is 1. The Morgan fingerprint density at radius 3 is 2.30 bits per heavy atom. The van der Waals surface area contributed by atoms with Crippen LogP contribution in [-0.4, -0.2) is 35.0 Å². The highest BCUT2D eigenvalue weighted by molar-refractivity contribution is 7.89. The van der Waals surface area contributed by atoms with Crippen molar-refractivity contribution < 1.29 is 22.6 Å². The summed E-state index contributed by atoms with van der Waals surface area (Å²) >= 11 is 0. The molecule has 2 aromatic rings. The predicted molar refractivity (Wildman–Crippen MR) is 104 cm³/mol. The Balaban J connectivity index is 2.20. The zero-order valence-corrected chi connectivity index (χ0v) is 16.8. The lowest BCUT2D eigenvalue weighted by Gasteiger charge is -2.13. The molecule has 0 aliphatic heterocycles. The van der Waals surface area contributed by atoms with Crippen molar-refractivity contribution in [2.45, 2.75) is 31.8 Å². The van der Waals surface area contributed by atoms with Crippen molar-refractivity contribution in [3.63, 3.8) is 0 Å². The first-order chi connectivity index (χ1) is 12.8. The lowest BCUT2D eigenvalue weighted by atomic mass is 10.2. The highest BCUT2D eigenvalue weighted by Gasteiger charge is 2.19. The Hall–Kier alpha value is -2.74.